The van der Waals surface area contributed by atoms with Gasteiger partial charge in [-0.25, -0.2) is 0 Å². The average Bonchev–Trinajstić information content (AvgIpc) is 2.39. The van der Waals surface area contributed by atoms with Crippen LogP contribution in [0.15, 0.2) is 30.3 Å². The Labute approximate surface area is 121 Å². The fraction of sp³-hybridized carbons (Fsp3) is 0.529. The van der Waals surface area contributed by atoms with Crippen molar-refractivity contribution in [1.82, 2.24) is 0 Å². The Morgan fingerprint density at radius 1 is 1.15 bits per heavy atom. The van der Waals surface area contributed by atoms with Crippen LogP contribution in [0.4, 0.5) is 0 Å². The summed E-state index contributed by atoms with van der Waals surface area (Å²) >= 11 is 0. The molecular formula is C17H24O3. The zero-order chi connectivity index (χ0) is 15.3. The summed E-state index contributed by atoms with van der Waals surface area (Å²) < 4.78 is 5.06. The number of benzene rings is 1. The molecule has 0 saturated heterocycles. The van der Waals surface area contributed by atoms with Gasteiger partial charge in [-0.1, -0.05) is 44.2 Å². The van der Waals surface area contributed by atoms with Gasteiger partial charge in [0.1, 0.15) is 5.92 Å². The van der Waals surface area contributed by atoms with E-state index in [1.165, 1.54) is 0 Å². The molecular weight excluding hydrogens is 252 g/mol. The van der Waals surface area contributed by atoms with E-state index in [0.717, 1.165) is 5.56 Å². The Balaban J connectivity index is 3.09. The Kier molecular flexibility index (Phi) is 5.49. The van der Waals surface area contributed by atoms with E-state index in [-0.39, 0.29) is 11.7 Å². The summed E-state index contributed by atoms with van der Waals surface area (Å²) in [6.07, 6.45) is 0. The monoisotopic (exact) mass is 276 g/mol. The largest absolute Gasteiger partial charge is 0.465 e. The Morgan fingerprint density at radius 2 is 1.70 bits per heavy atom. The maximum atomic E-state index is 12.8. The van der Waals surface area contributed by atoms with Gasteiger partial charge < -0.3 is 4.74 Å². The second kappa shape index (κ2) is 6.69. The molecule has 1 aromatic rings. The van der Waals surface area contributed by atoms with Gasteiger partial charge in [-0.3, -0.25) is 9.59 Å². The molecule has 0 aliphatic heterocycles. The molecule has 0 saturated carbocycles. The normalized spacial score (nSPS) is 13.1. The molecule has 0 bridgehead atoms. The quantitative estimate of drug-likeness (QED) is 0.591. The highest BCUT2D eigenvalue weighted by Crippen LogP contribution is 2.30. The van der Waals surface area contributed by atoms with E-state index >= 15 is 0 Å². The van der Waals surface area contributed by atoms with Crippen molar-refractivity contribution < 1.29 is 14.3 Å². The number of carbonyl (C=O) groups is 2. The number of hydrogen-bond acceptors (Lipinski definition) is 3. The Bertz CT molecular complexity index is 460. The van der Waals surface area contributed by atoms with Crippen LogP contribution in [0.5, 0.6) is 0 Å². The number of carbonyl (C=O) groups excluding carboxylic acids is 2. The van der Waals surface area contributed by atoms with Crippen LogP contribution >= 0.6 is 0 Å². The molecule has 0 aromatic heterocycles. The van der Waals surface area contributed by atoms with E-state index in [4.69, 9.17) is 4.74 Å². The minimum absolute atomic E-state index is 0.0791. The molecule has 3 heteroatoms. The van der Waals surface area contributed by atoms with E-state index in [0.29, 0.717) is 6.61 Å². The molecule has 0 N–H and O–H groups in total. The van der Waals surface area contributed by atoms with Crippen molar-refractivity contribution in [3.63, 3.8) is 0 Å². The van der Waals surface area contributed by atoms with Crippen LogP contribution in [-0.4, -0.2) is 18.4 Å². The first-order valence-electron chi connectivity index (χ1n) is 7.08. The van der Waals surface area contributed by atoms with Gasteiger partial charge in [-0.15, -0.1) is 0 Å². The minimum atomic E-state index is -0.717. The van der Waals surface area contributed by atoms with Crippen molar-refractivity contribution in [2.45, 2.75) is 40.0 Å². The maximum Gasteiger partial charge on any atom is 0.316 e. The van der Waals surface area contributed by atoms with Crippen LogP contribution in [0, 0.1) is 11.8 Å². The highest BCUT2D eigenvalue weighted by Gasteiger charge is 2.41. The van der Waals surface area contributed by atoms with Crippen LogP contribution in [0.2, 0.25) is 0 Å². The predicted octanol–water partition coefficient (Wildman–Crippen LogP) is 3.37. The van der Waals surface area contributed by atoms with Crippen molar-refractivity contribution in [1.29, 1.82) is 0 Å². The van der Waals surface area contributed by atoms with Gasteiger partial charge in [0.2, 0.25) is 0 Å². The topological polar surface area (TPSA) is 43.4 Å². The molecule has 0 spiro atoms. The molecule has 0 aliphatic rings. The first-order valence-corrected chi connectivity index (χ1v) is 7.08. The van der Waals surface area contributed by atoms with Gasteiger partial charge in [0.15, 0.2) is 5.78 Å². The zero-order valence-electron chi connectivity index (χ0n) is 13.0. The van der Waals surface area contributed by atoms with Gasteiger partial charge in [-0.2, -0.15) is 0 Å². The third kappa shape index (κ3) is 3.47. The Hall–Kier alpha value is -1.64. The van der Waals surface area contributed by atoms with E-state index < -0.39 is 17.3 Å². The van der Waals surface area contributed by atoms with E-state index in [1.54, 1.807) is 6.92 Å². The second-order valence-electron chi connectivity index (χ2n) is 5.83. The molecule has 0 radical (unpaired) electrons. The molecule has 0 amide bonds. The number of ketones is 1. The van der Waals surface area contributed by atoms with Gasteiger partial charge in [-0.05, 0) is 32.3 Å². The van der Waals surface area contributed by atoms with Crippen LogP contribution in [-0.2, 0) is 19.7 Å². The molecule has 3 nitrogen and oxygen atoms in total. The third-order valence-corrected chi connectivity index (χ3v) is 3.60. The lowest BCUT2D eigenvalue weighted by Gasteiger charge is -2.29. The summed E-state index contributed by atoms with van der Waals surface area (Å²) in [6.45, 7) is 9.52. The maximum absolute atomic E-state index is 12.8. The molecule has 1 atom stereocenters. The molecule has 1 rings (SSSR count). The summed E-state index contributed by atoms with van der Waals surface area (Å²) in [5.74, 6) is -1.30. The first kappa shape index (κ1) is 16.4. The third-order valence-electron chi connectivity index (χ3n) is 3.60. The molecule has 0 aliphatic carbocycles. The molecule has 1 aromatic carbocycles. The average molecular weight is 276 g/mol. The number of esters is 1. The van der Waals surface area contributed by atoms with Crippen LogP contribution < -0.4 is 0 Å². The van der Waals surface area contributed by atoms with Crippen molar-refractivity contribution >= 4 is 11.8 Å². The second-order valence-corrected chi connectivity index (χ2v) is 5.83. The van der Waals surface area contributed by atoms with Crippen molar-refractivity contribution in [2.75, 3.05) is 6.61 Å². The van der Waals surface area contributed by atoms with Crippen LogP contribution in [0.25, 0.3) is 0 Å². The van der Waals surface area contributed by atoms with Gasteiger partial charge in [0.05, 0.1) is 6.61 Å². The lowest BCUT2D eigenvalue weighted by molar-refractivity contribution is -0.154. The lowest BCUT2D eigenvalue weighted by Crippen LogP contribution is -2.41. The molecule has 20 heavy (non-hydrogen) atoms. The fourth-order valence-electron chi connectivity index (χ4n) is 2.30. The van der Waals surface area contributed by atoms with Crippen LogP contribution in [0.1, 0.15) is 40.2 Å². The van der Waals surface area contributed by atoms with E-state index in [2.05, 4.69) is 0 Å². The predicted molar refractivity (Wildman–Crippen MR) is 79.4 cm³/mol. The summed E-state index contributed by atoms with van der Waals surface area (Å²) in [4.78, 5) is 24.9. The van der Waals surface area contributed by atoms with Crippen molar-refractivity contribution in [2.24, 2.45) is 11.8 Å². The molecule has 0 heterocycles. The number of hydrogen-bond donors (Lipinski definition) is 0. The lowest BCUT2D eigenvalue weighted by atomic mass is 9.73. The summed E-state index contributed by atoms with van der Waals surface area (Å²) in [6, 6.07) is 9.55. The SMILES string of the molecule is CCOC(=O)C(C(=O)C(C)(C)c1ccccc1)C(C)C. The highest BCUT2D eigenvalue weighted by atomic mass is 16.5. The summed E-state index contributed by atoms with van der Waals surface area (Å²) in [7, 11) is 0. The Morgan fingerprint density at radius 3 is 2.15 bits per heavy atom. The fourth-order valence-corrected chi connectivity index (χ4v) is 2.30. The molecule has 1 unspecified atom stereocenters. The van der Waals surface area contributed by atoms with E-state index in [1.807, 2.05) is 58.0 Å². The van der Waals surface area contributed by atoms with Crippen molar-refractivity contribution in [3.05, 3.63) is 35.9 Å². The molecule has 110 valence electrons. The zero-order valence-corrected chi connectivity index (χ0v) is 13.0. The smallest absolute Gasteiger partial charge is 0.316 e. The number of ether oxygens (including phenoxy) is 1. The van der Waals surface area contributed by atoms with Gasteiger partial charge in [0, 0.05) is 5.41 Å². The van der Waals surface area contributed by atoms with Crippen LogP contribution in [0.3, 0.4) is 0 Å². The van der Waals surface area contributed by atoms with Gasteiger partial charge in [0.25, 0.3) is 0 Å². The summed E-state index contributed by atoms with van der Waals surface area (Å²) in [5, 5.41) is 0. The van der Waals surface area contributed by atoms with E-state index in [9.17, 15) is 9.59 Å². The van der Waals surface area contributed by atoms with Gasteiger partial charge >= 0.3 is 5.97 Å². The highest BCUT2D eigenvalue weighted by molar-refractivity contribution is 6.04. The minimum Gasteiger partial charge on any atom is -0.465 e. The van der Waals surface area contributed by atoms with Crippen molar-refractivity contribution in [3.8, 4) is 0 Å². The first-order chi connectivity index (χ1) is 9.32. The summed E-state index contributed by atoms with van der Waals surface area (Å²) in [5.41, 5.74) is 0.211. The number of Topliss-reactive ketones (excluding diaryl/α,β-unsaturated/α-hetero) is 1. The number of rotatable bonds is 6. The molecule has 0 fully saturated rings. The standard InChI is InChI=1S/C17H24O3/c1-6-20-16(19)14(12(2)3)15(18)17(4,5)13-10-8-7-9-11-13/h7-12,14H,6H2,1-5H3.